The molecule has 0 spiro atoms. The number of benzene rings is 1. The van der Waals surface area contributed by atoms with Crippen LogP contribution >= 0.6 is 0 Å². The van der Waals surface area contributed by atoms with Crippen molar-refractivity contribution in [3.05, 3.63) is 41.1 Å². The summed E-state index contributed by atoms with van der Waals surface area (Å²) in [5.41, 5.74) is 2.39. The van der Waals surface area contributed by atoms with Gasteiger partial charge in [0.25, 0.3) is 0 Å². The lowest BCUT2D eigenvalue weighted by Crippen LogP contribution is -2.45. The van der Waals surface area contributed by atoms with Gasteiger partial charge in [-0.15, -0.1) is 0 Å². The summed E-state index contributed by atoms with van der Waals surface area (Å²) in [7, 11) is -3.35. The maximum Gasteiger partial charge on any atom is 0.315 e. The summed E-state index contributed by atoms with van der Waals surface area (Å²) in [6.07, 6.45) is 0.847. The molecule has 0 atom stereocenters. The van der Waals surface area contributed by atoms with Crippen molar-refractivity contribution in [1.82, 2.24) is 14.7 Å². The monoisotopic (exact) mass is 474 g/mol. The van der Waals surface area contributed by atoms with Crippen molar-refractivity contribution in [2.45, 2.75) is 38.2 Å². The number of aromatic nitrogens is 2. The molecule has 1 fully saturated rings. The lowest BCUT2D eigenvalue weighted by atomic mass is 9.97. The van der Waals surface area contributed by atoms with Crippen molar-refractivity contribution in [3.63, 3.8) is 0 Å². The highest BCUT2D eigenvalue weighted by Crippen LogP contribution is 2.33. The Morgan fingerprint density at radius 1 is 1.18 bits per heavy atom. The Morgan fingerprint density at radius 3 is 2.58 bits per heavy atom. The predicted molar refractivity (Wildman–Crippen MR) is 119 cm³/mol. The first-order valence-electron chi connectivity index (χ1n) is 10.8. The molecule has 2 aliphatic heterocycles. The number of hydrogen-bond acceptors (Lipinski definition) is 7. The molecule has 0 saturated carbocycles. The van der Waals surface area contributed by atoms with E-state index < -0.39 is 21.7 Å². The number of anilines is 1. The second-order valence-electron chi connectivity index (χ2n) is 8.33. The van der Waals surface area contributed by atoms with Crippen LogP contribution in [0.5, 0.6) is 0 Å². The zero-order valence-corrected chi connectivity index (χ0v) is 19.4. The lowest BCUT2D eigenvalue weighted by Gasteiger charge is -2.30. The fourth-order valence-corrected chi connectivity index (χ4v) is 5.69. The van der Waals surface area contributed by atoms with E-state index in [0.717, 1.165) is 5.56 Å². The number of nitrogens with one attached hydrogen (secondary N) is 1. The number of aryl methyl sites for hydroxylation is 1. The van der Waals surface area contributed by atoms with Crippen LogP contribution in [0.1, 0.15) is 36.6 Å². The molecule has 4 rings (SSSR count). The van der Waals surface area contributed by atoms with Gasteiger partial charge in [-0.05, 0) is 44.4 Å². The van der Waals surface area contributed by atoms with Crippen molar-refractivity contribution in [2.75, 3.05) is 25.0 Å². The first-order valence-corrected chi connectivity index (χ1v) is 12.7. The van der Waals surface area contributed by atoms with Crippen LogP contribution < -0.4 is 5.32 Å². The Kier molecular flexibility index (Phi) is 6.24. The van der Waals surface area contributed by atoms with E-state index in [9.17, 15) is 22.8 Å². The molecular formula is C22H26N4O6S. The van der Waals surface area contributed by atoms with Crippen LogP contribution in [0.2, 0.25) is 0 Å². The number of likely N-dealkylation sites (tertiary alicyclic amines) is 1. The Bertz CT molecular complexity index is 1210. The van der Waals surface area contributed by atoms with E-state index in [1.165, 1.54) is 9.58 Å². The minimum atomic E-state index is -3.35. The third kappa shape index (κ3) is 4.77. The number of hydrogen-bond donors (Lipinski definition) is 1. The molecule has 2 aliphatic rings. The van der Waals surface area contributed by atoms with E-state index in [1.54, 1.807) is 13.0 Å². The summed E-state index contributed by atoms with van der Waals surface area (Å²) < 4.78 is 30.8. The van der Waals surface area contributed by atoms with Crippen molar-refractivity contribution >= 4 is 33.4 Å². The van der Waals surface area contributed by atoms with Gasteiger partial charge in [0.2, 0.25) is 0 Å². The van der Waals surface area contributed by atoms with Crippen LogP contribution in [0.25, 0.3) is 5.69 Å². The smallest absolute Gasteiger partial charge is 0.315 e. The largest absolute Gasteiger partial charge is 0.466 e. The van der Waals surface area contributed by atoms with Gasteiger partial charge >= 0.3 is 17.8 Å². The standard InChI is InChI=1S/C22H26N4O6S/c1-3-32-22(29)15-7-9-25(10-8-15)21(28)20(27)23-19-17-12-33(30,31)13-18(17)24-26(19)16-6-4-5-14(2)11-16/h4-6,11,15H,3,7-10,12-13H2,1-2H3,(H,23,27). The molecule has 176 valence electrons. The highest BCUT2D eigenvalue weighted by atomic mass is 32.2. The molecule has 0 radical (unpaired) electrons. The first kappa shape index (κ1) is 23.0. The molecule has 0 aliphatic carbocycles. The fourth-order valence-electron chi connectivity index (χ4n) is 4.20. The van der Waals surface area contributed by atoms with Crippen molar-refractivity contribution in [3.8, 4) is 5.69 Å². The summed E-state index contributed by atoms with van der Waals surface area (Å²) in [4.78, 5) is 39.0. The van der Waals surface area contributed by atoms with Crippen molar-refractivity contribution < 1.29 is 27.5 Å². The average molecular weight is 475 g/mol. The molecule has 10 nitrogen and oxygen atoms in total. The van der Waals surface area contributed by atoms with Crippen LogP contribution in [0.3, 0.4) is 0 Å². The number of ether oxygens (including phenoxy) is 1. The first-order chi connectivity index (χ1) is 15.7. The van der Waals surface area contributed by atoms with Gasteiger partial charge in [0.1, 0.15) is 5.82 Å². The van der Waals surface area contributed by atoms with Gasteiger partial charge in [-0.25, -0.2) is 13.1 Å². The van der Waals surface area contributed by atoms with Gasteiger partial charge < -0.3 is 15.0 Å². The number of piperidine rings is 1. The number of fused-ring (bicyclic) bond motifs is 1. The number of nitrogens with zero attached hydrogens (tertiary/aromatic N) is 3. The molecular weight excluding hydrogens is 448 g/mol. The minimum absolute atomic E-state index is 0.191. The predicted octanol–water partition coefficient (Wildman–Crippen LogP) is 1.35. The summed E-state index contributed by atoms with van der Waals surface area (Å²) in [6.45, 7) is 4.48. The van der Waals surface area contributed by atoms with Crippen LogP contribution in [0, 0.1) is 12.8 Å². The highest BCUT2D eigenvalue weighted by Gasteiger charge is 2.35. The van der Waals surface area contributed by atoms with Gasteiger partial charge in [0.15, 0.2) is 9.84 Å². The zero-order chi connectivity index (χ0) is 23.8. The van der Waals surface area contributed by atoms with Crippen LogP contribution in [-0.4, -0.2) is 60.6 Å². The fraction of sp³-hybridized carbons (Fsp3) is 0.455. The van der Waals surface area contributed by atoms with Gasteiger partial charge in [-0.2, -0.15) is 5.10 Å². The molecule has 11 heteroatoms. The average Bonchev–Trinajstić information content (AvgIpc) is 3.25. The molecule has 1 N–H and O–H groups in total. The molecule has 1 saturated heterocycles. The zero-order valence-electron chi connectivity index (χ0n) is 18.5. The minimum Gasteiger partial charge on any atom is -0.466 e. The number of esters is 1. The third-order valence-electron chi connectivity index (χ3n) is 5.86. The molecule has 0 bridgehead atoms. The molecule has 0 unspecified atom stereocenters. The lowest BCUT2D eigenvalue weighted by molar-refractivity contribution is -0.152. The molecule has 33 heavy (non-hydrogen) atoms. The van der Waals surface area contributed by atoms with E-state index in [0.29, 0.717) is 36.4 Å². The summed E-state index contributed by atoms with van der Waals surface area (Å²) in [5, 5.41) is 7.03. The SMILES string of the molecule is CCOC(=O)C1CCN(C(=O)C(=O)Nc2c3c(nn2-c2cccc(C)c2)CS(=O)(=O)C3)CC1. The highest BCUT2D eigenvalue weighted by molar-refractivity contribution is 7.90. The number of carbonyl (C=O) groups is 3. The topological polar surface area (TPSA) is 128 Å². The summed E-state index contributed by atoms with van der Waals surface area (Å²) >= 11 is 0. The van der Waals surface area contributed by atoms with Crippen molar-refractivity contribution in [2.24, 2.45) is 5.92 Å². The molecule has 3 heterocycles. The maximum atomic E-state index is 12.9. The van der Waals surface area contributed by atoms with Gasteiger partial charge in [-0.1, -0.05) is 12.1 Å². The summed E-state index contributed by atoms with van der Waals surface area (Å²) in [5.74, 6) is -2.44. The maximum absolute atomic E-state index is 12.9. The van der Waals surface area contributed by atoms with Crippen molar-refractivity contribution in [1.29, 1.82) is 0 Å². The quantitative estimate of drug-likeness (QED) is 0.523. The van der Waals surface area contributed by atoms with E-state index >= 15 is 0 Å². The Morgan fingerprint density at radius 2 is 1.91 bits per heavy atom. The Hall–Kier alpha value is -3.21. The Balaban J connectivity index is 1.53. The third-order valence-corrected chi connectivity index (χ3v) is 7.30. The van der Waals surface area contributed by atoms with Gasteiger partial charge in [0.05, 0.1) is 35.4 Å². The van der Waals surface area contributed by atoms with Gasteiger partial charge in [0, 0.05) is 18.7 Å². The van der Waals surface area contributed by atoms with Crippen LogP contribution in [0.4, 0.5) is 5.82 Å². The van der Waals surface area contributed by atoms with Crippen LogP contribution in [-0.2, 0) is 40.5 Å². The molecule has 2 amide bonds. The number of carbonyl (C=O) groups excluding carboxylic acids is 3. The Labute approximate surface area is 191 Å². The van der Waals surface area contributed by atoms with E-state index in [-0.39, 0.29) is 42.3 Å². The van der Waals surface area contributed by atoms with E-state index in [2.05, 4.69) is 10.4 Å². The van der Waals surface area contributed by atoms with Crippen LogP contribution in [0.15, 0.2) is 24.3 Å². The molecule has 1 aromatic heterocycles. The number of amides is 2. The molecule has 2 aromatic rings. The van der Waals surface area contributed by atoms with E-state index in [1.807, 2.05) is 25.1 Å². The van der Waals surface area contributed by atoms with Gasteiger partial charge in [-0.3, -0.25) is 14.4 Å². The van der Waals surface area contributed by atoms with E-state index in [4.69, 9.17) is 4.74 Å². The number of rotatable bonds is 4. The second-order valence-corrected chi connectivity index (χ2v) is 10.4. The molecule has 1 aromatic carbocycles. The number of sulfone groups is 1. The summed E-state index contributed by atoms with van der Waals surface area (Å²) in [6, 6.07) is 7.39. The normalized spacial score (nSPS) is 17.5. The second kappa shape index (κ2) is 8.97.